The van der Waals surface area contributed by atoms with E-state index >= 15 is 0 Å². The first-order valence-corrected chi connectivity index (χ1v) is 12.2. The minimum absolute atomic E-state index is 0.0186. The summed E-state index contributed by atoms with van der Waals surface area (Å²) in [6, 6.07) is 11.9. The molecular formula is C28H33FN4O3. The van der Waals surface area contributed by atoms with Crippen LogP contribution < -0.4 is 5.32 Å². The van der Waals surface area contributed by atoms with Crippen molar-refractivity contribution in [3.63, 3.8) is 0 Å². The summed E-state index contributed by atoms with van der Waals surface area (Å²) in [4.78, 5) is 27.8. The van der Waals surface area contributed by atoms with Crippen molar-refractivity contribution in [2.75, 3.05) is 18.4 Å². The van der Waals surface area contributed by atoms with Gasteiger partial charge in [-0.25, -0.2) is 13.9 Å². The summed E-state index contributed by atoms with van der Waals surface area (Å²) in [5, 5.41) is 7.59. The number of carbonyl (C=O) groups is 2. The van der Waals surface area contributed by atoms with E-state index in [0.717, 1.165) is 22.5 Å². The number of aryl methyl sites for hydroxylation is 2. The van der Waals surface area contributed by atoms with Crippen LogP contribution in [0.15, 0.2) is 48.7 Å². The number of rotatable bonds is 4. The number of hydrogen-bond donors (Lipinski definition) is 1. The molecule has 0 aliphatic carbocycles. The Hall–Kier alpha value is -3.68. The molecule has 2 amide bonds. The van der Waals surface area contributed by atoms with Gasteiger partial charge in [-0.3, -0.25) is 4.79 Å². The Morgan fingerprint density at radius 1 is 1.03 bits per heavy atom. The number of nitrogens with zero attached hydrogens (tertiary/aromatic N) is 3. The standard InChI is InChI=1S/C28H33FN4O3/c1-18-7-6-8-19(2)24(18)31-26(34)23-17-30-33(22-11-9-21(29)10-12-22)25(23)20-13-15-32(16-14-20)27(35)36-28(3,4)5/h6-12,17,20H,13-16H2,1-5H3,(H,31,34). The Bertz CT molecular complexity index is 1230. The van der Waals surface area contributed by atoms with Crippen LogP contribution in [0.3, 0.4) is 0 Å². The molecule has 0 unspecified atom stereocenters. The molecule has 0 spiro atoms. The molecule has 1 aliphatic rings. The predicted octanol–water partition coefficient (Wildman–Crippen LogP) is 6.00. The first kappa shape index (κ1) is 25.4. The number of carbonyl (C=O) groups excluding carboxylic acids is 2. The zero-order chi connectivity index (χ0) is 26.0. The summed E-state index contributed by atoms with van der Waals surface area (Å²) in [5.74, 6) is -0.605. The van der Waals surface area contributed by atoms with E-state index in [1.807, 2.05) is 52.8 Å². The van der Waals surface area contributed by atoms with Gasteiger partial charge < -0.3 is 15.0 Å². The quantitative estimate of drug-likeness (QED) is 0.485. The van der Waals surface area contributed by atoms with Crippen molar-refractivity contribution in [1.82, 2.24) is 14.7 Å². The highest BCUT2D eigenvalue weighted by Gasteiger charge is 2.32. The zero-order valence-corrected chi connectivity index (χ0v) is 21.5. The Balaban J connectivity index is 1.64. The lowest BCUT2D eigenvalue weighted by Crippen LogP contribution is -2.41. The minimum Gasteiger partial charge on any atom is -0.444 e. The minimum atomic E-state index is -0.561. The Kier molecular flexibility index (Phi) is 7.15. The summed E-state index contributed by atoms with van der Waals surface area (Å²) < 4.78 is 20.8. The van der Waals surface area contributed by atoms with Crippen LogP contribution in [0.4, 0.5) is 14.9 Å². The van der Waals surface area contributed by atoms with Crippen LogP contribution in [-0.2, 0) is 4.74 Å². The Morgan fingerprint density at radius 3 is 2.22 bits per heavy atom. The zero-order valence-electron chi connectivity index (χ0n) is 21.5. The van der Waals surface area contributed by atoms with Gasteiger partial charge in [-0.2, -0.15) is 5.10 Å². The number of piperidine rings is 1. The SMILES string of the molecule is Cc1cccc(C)c1NC(=O)c1cnn(-c2ccc(F)cc2)c1C1CCN(C(=O)OC(C)(C)C)CC1. The number of nitrogens with one attached hydrogen (secondary N) is 1. The monoisotopic (exact) mass is 492 g/mol. The molecular weight excluding hydrogens is 459 g/mol. The third-order valence-electron chi connectivity index (χ3n) is 6.38. The van der Waals surface area contributed by atoms with Gasteiger partial charge >= 0.3 is 6.09 Å². The topological polar surface area (TPSA) is 76.5 Å². The van der Waals surface area contributed by atoms with E-state index < -0.39 is 5.60 Å². The van der Waals surface area contributed by atoms with Crippen LogP contribution in [0.5, 0.6) is 0 Å². The summed E-state index contributed by atoms with van der Waals surface area (Å²) >= 11 is 0. The van der Waals surface area contributed by atoms with Gasteiger partial charge in [-0.1, -0.05) is 18.2 Å². The van der Waals surface area contributed by atoms with Gasteiger partial charge in [0, 0.05) is 24.7 Å². The number of halogens is 1. The summed E-state index contributed by atoms with van der Waals surface area (Å²) in [5.41, 5.74) is 4.07. The Morgan fingerprint density at radius 2 is 1.64 bits per heavy atom. The van der Waals surface area contributed by atoms with E-state index in [9.17, 15) is 14.0 Å². The number of anilines is 1. The number of ether oxygens (including phenoxy) is 1. The average Bonchev–Trinajstić information content (AvgIpc) is 3.26. The predicted molar refractivity (Wildman–Crippen MR) is 137 cm³/mol. The van der Waals surface area contributed by atoms with Crippen molar-refractivity contribution >= 4 is 17.7 Å². The van der Waals surface area contributed by atoms with Crippen LogP contribution in [0.1, 0.15) is 66.7 Å². The van der Waals surface area contributed by atoms with Crippen LogP contribution in [0, 0.1) is 19.7 Å². The second kappa shape index (κ2) is 10.1. The fourth-order valence-corrected chi connectivity index (χ4v) is 4.57. The molecule has 0 bridgehead atoms. The van der Waals surface area contributed by atoms with Gasteiger partial charge in [0.05, 0.1) is 23.1 Å². The van der Waals surface area contributed by atoms with Crippen LogP contribution in [0.2, 0.25) is 0 Å². The van der Waals surface area contributed by atoms with Crippen molar-refractivity contribution in [3.8, 4) is 5.69 Å². The second-order valence-electron chi connectivity index (χ2n) is 10.3. The van der Waals surface area contributed by atoms with Crippen LogP contribution in [0.25, 0.3) is 5.69 Å². The maximum absolute atomic E-state index is 13.6. The summed E-state index contributed by atoms with van der Waals surface area (Å²) in [6.45, 7) is 10.5. The molecule has 0 atom stereocenters. The highest BCUT2D eigenvalue weighted by atomic mass is 19.1. The maximum Gasteiger partial charge on any atom is 0.410 e. The molecule has 1 N–H and O–H groups in total. The molecule has 3 aromatic rings. The van der Waals surface area contributed by atoms with Gasteiger partial charge in [0.1, 0.15) is 11.4 Å². The van der Waals surface area contributed by atoms with Gasteiger partial charge in [0.15, 0.2) is 0 Å². The molecule has 1 aliphatic heterocycles. The number of benzene rings is 2. The lowest BCUT2D eigenvalue weighted by Gasteiger charge is -2.34. The molecule has 7 nitrogen and oxygen atoms in total. The number of amides is 2. The van der Waals surface area contributed by atoms with Crippen LogP contribution in [-0.4, -0.2) is 45.4 Å². The lowest BCUT2D eigenvalue weighted by atomic mass is 9.90. The lowest BCUT2D eigenvalue weighted by molar-refractivity contribution is 0.0203. The van der Waals surface area contributed by atoms with Crippen molar-refractivity contribution in [2.45, 2.75) is 59.0 Å². The maximum atomic E-state index is 13.6. The molecule has 1 aromatic heterocycles. The largest absolute Gasteiger partial charge is 0.444 e. The van der Waals surface area contributed by atoms with Gasteiger partial charge in [-0.05, 0) is 82.9 Å². The van der Waals surface area contributed by atoms with Gasteiger partial charge in [0.2, 0.25) is 0 Å². The molecule has 36 heavy (non-hydrogen) atoms. The molecule has 4 rings (SSSR count). The number of aromatic nitrogens is 2. The highest BCUT2D eigenvalue weighted by molar-refractivity contribution is 6.06. The molecule has 190 valence electrons. The smallest absolute Gasteiger partial charge is 0.410 e. The third-order valence-corrected chi connectivity index (χ3v) is 6.38. The average molecular weight is 493 g/mol. The van der Waals surface area contributed by atoms with E-state index in [-0.39, 0.29) is 23.7 Å². The highest BCUT2D eigenvalue weighted by Crippen LogP contribution is 2.33. The van der Waals surface area contributed by atoms with E-state index in [0.29, 0.717) is 37.2 Å². The van der Waals surface area contributed by atoms with E-state index in [1.165, 1.54) is 12.1 Å². The van der Waals surface area contributed by atoms with E-state index in [1.54, 1.807) is 27.9 Å². The number of para-hydroxylation sites is 1. The fraction of sp³-hybridized carbons (Fsp3) is 0.393. The molecule has 2 aromatic carbocycles. The summed E-state index contributed by atoms with van der Waals surface area (Å²) in [7, 11) is 0. The second-order valence-corrected chi connectivity index (χ2v) is 10.3. The van der Waals surface area contributed by atoms with E-state index in [2.05, 4.69) is 10.4 Å². The van der Waals surface area contributed by atoms with Gasteiger partial charge in [0.25, 0.3) is 5.91 Å². The van der Waals surface area contributed by atoms with Crippen molar-refractivity contribution < 1.29 is 18.7 Å². The Labute approximate surface area is 211 Å². The molecule has 1 saturated heterocycles. The normalized spacial score (nSPS) is 14.6. The molecule has 0 radical (unpaired) electrons. The van der Waals surface area contributed by atoms with Gasteiger partial charge in [-0.15, -0.1) is 0 Å². The van der Waals surface area contributed by atoms with Crippen molar-refractivity contribution in [3.05, 3.63) is 76.9 Å². The van der Waals surface area contributed by atoms with Crippen molar-refractivity contribution in [1.29, 1.82) is 0 Å². The third kappa shape index (κ3) is 5.58. The first-order chi connectivity index (χ1) is 17.0. The van der Waals surface area contributed by atoms with E-state index in [4.69, 9.17) is 4.74 Å². The molecule has 8 heteroatoms. The fourth-order valence-electron chi connectivity index (χ4n) is 4.57. The molecule has 2 heterocycles. The van der Waals surface area contributed by atoms with Crippen LogP contribution >= 0.6 is 0 Å². The molecule has 0 saturated carbocycles. The first-order valence-electron chi connectivity index (χ1n) is 12.2. The number of hydrogen-bond acceptors (Lipinski definition) is 4. The number of likely N-dealkylation sites (tertiary alicyclic amines) is 1. The molecule has 1 fully saturated rings. The van der Waals surface area contributed by atoms with Crippen molar-refractivity contribution in [2.24, 2.45) is 0 Å². The summed E-state index contributed by atoms with van der Waals surface area (Å²) in [6.07, 6.45) is 2.54.